The Morgan fingerprint density at radius 1 is 1.09 bits per heavy atom. The number of likely N-dealkylation sites (tertiary alicyclic amines) is 1. The summed E-state index contributed by atoms with van der Waals surface area (Å²) >= 11 is 0. The average molecular weight is 490 g/mol. The van der Waals surface area contributed by atoms with Crippen LogP contribution in [0.1, 0.15) is 69.5 Å². The third-order valence-electron chi connectivity index (χ3n) is 7.26. The van der Waals surface area contributed by atoms with Crippen LogP contribution in [0.4, 0.5) is 9.59 Å². The first-order valence-corrected chi connectivity index (χ1v) is 13.2. The first kappa shape index (κ1) is 27.3. The molecule has 1 unspecified atom stereocenters. The van der Waals surface area contributed by atoms with Gasteiger partial charge in [-0.2, -0.15) is 0 Å². The largest absolute Gasteiger partial charge is 0.465 e. The van der Waals surface area contributed by atoms with Crippen molar-refractivity contribution in [1.29, 1.82) is 0 Å². The molecule has 1 saturated heterocycles. The maximum atomic E-state index is 13.3. The van der Waals surface area contributed by atoms with Gasteiger partial charge in [0.25, 0.3) is 0 Å². The van der Waals surface area contributed by atoms with Gasteiger partial charge in [0, 0.05) is 51.9 Å². The summed E-state index contributed by atoms with van der Waals surface area (Å²) in [7, 11) is 1.69. The highest BCUT2D eigenvalue weighted by Gasteiger charge is 2.32. The van der Waals surface area contributed by atoms with Crippen molar-refractivity contribution in [2.45, 2.75) is 69.9 Å². The molecule has 0 spiro atoms. The number of nitrogens with zero attached hydrogens (tertiary/aromatic N) is 1. The molecular formula is C27H43N3O5. The number of piperidine rings is 1. The van der Waals surface area contributed by atoms with E-state index in [1.54, 1.807) is 7.11 Å². The zero-order chi connectivity index (χ0) is 24.9. The second-order valence-corrected chi connectivity index (χ2v) is 9.97. The molecule has 1 heterocycles. The van der Waals surface area contributed by atoms with Crippen molar-refractivity contribution in [2.24, 2.45) is 11.8 Å². The van der Waals surface area contributed by atoms with Crippen LogP contribution in [0, 0.1) is 11.8 Å². The smallest absolute Gasteiger partial charge is 0.404 e. The van der Waals surface area contributed by atoms with Crippen molar-refractivity contribution in [3.05, 3.63) is 35.9 Å². The van der Waals surface area contributed by atoms with Gasteiger partial charge in [-0.05, 0) is 37.2 Å². The summed E-state index contributed by atoms with van der Waals surface area (Å²) in [5, 5.41) is 14.7. The lowest BCUT2D eigenvalue weighted by Crippen LogP contribution is -2.52. The lowest BCUT2D eigenvalue weighted by molar-refractivity contribution is -0.0168. The molecule has 8 nitrogen and oxygen atoms in total. The molecule has 3 amide bonds. The highest BCUT2D eigenvalue weighted by atomic mass is 16.5. The molecule has 1 aromatic carbocycles. The summed E-state index contributed by atoms with van der Waals surface area (Å²) in [4.78, 5) is 26.3. The number of carbonyl (C=O) groups is 2. The van der Waals surface area contributed by atoms with E-state index in [0.717, 1.165) is 44.1 Å². The molecule has 3 N–H and O–H groups in total. The monoisotopic (exact) mass is 489 g/mol. The summed E-state index contributed by atoms with van der Waals surface area (Å²) in [5.74, 6) is 0.745. The minimum absolute atomic E-state index is 0.0737. The molecule has 3 rings (SSSR count). The number of amides is 3. The molecule has 1 saturated carbocycles. The van der Waals surface area contributed by atoms with Crippen molar-refractivity contribution >= 4 is 12.1 Å². The number of urea groups is 1. The predicted octanol–water partition coefficient (Wildman–Crippen LogP) is 4.81. The van der Waals surface area contributed by atoms with Gasteiger partial charge < -0.3 is 30.1 Å². The fourth-order valence-electron chi connectivity index (χ4n) is 5.50. The zero-order valence-electron chi connectivity index (χ0n) is 21.1. The van der Waals surface area contributed by atoms with E-state index >= 15 is 0 Å². The summed E-state index contributed by atoms with van der Waals surface area (Å²) in [6.07, 6.45) is 8.46. The molecule has 3 atom stereocenters. The fraction of sp³-hybridized carbons (Fsp3) is 0.704. The molecular weight excluding hydrogens is 446 g/mol. The normalized spacial score (nSPS) is 20.7. The van der Waals surface area contributed by atoms with E-state index in [9.17, 15) is 9.59 Å². The number of methoxy groups -OCH3 is 1. The number of carboxylic acid groups (broad SMARTS) is 1. The summed E-state index contributed by atoms with van der Waals surface area (Å²) in [5.41, 5.74) is 1.14. The Kier molecular flexibility index (Phi) is 11.6. The predicted molar refractivity (Wildman–Crippen MR) is 135 cm³/mol. The van der Waals surface area contributed by atoms with Crippen LogP contribution < -0.4 is 10.6 Å². The third kappa shape index (κ3) is 9.33. The standard InChI is InChI=1S/C27H43N3O5/c1-34-16-9-17-35-25(22-12-6-3-7-13-22)23-14-8-15-30(20-23)26(31)29-24(19-28-27(32)33)18-21-10-4-2-5-11-21/h3,6-7,12-13,21,23-25,28H,2,4-5,8-11,14-20H2,1H3,(H,29,31)(H,32,33)/t23-,24-,25?/m1/s1. The molecule has 2 fully saturated rings. The number of nitrogens with one attached hydrogen (secondary N) is 2. The van der Waals surface area contributed by atoms with Gasteiger partial charge in [-0.25, -0.2) is 9.59 Å². The maximum Gasteiger partial charge on any atom is 0.404 e. The van der Waals surface area contributed by atoms with E-state index in [1.807, 2.05) is 23.1 Å². The van der Waals surface area contributed by atoms with Gasteiger partial charge in [-0.3, -0.25) is 0 Å². The third-order valence-corrected chi connectivity index (χ3v) is 7.26. The van der Waals surface area contributed by atoms with Gasteiger partial charge in [-0.15, -0.1) is 0 Å². The molecule has 1 aromatic rings. The van der Waals surface area contributed by atoms with Gasteiger partial charge in [0.2, 0.25) is 0 Å². The highest BCUT2D eigenvalue weighted by molar-refractivity contribution is 5.74. The van der Waals surface area contributed by atoms with Crippen LogP contribution in [0.25, 0.3) is 0 Å². The van der Waals surface area contributed by atoms with Gasteiger partial charge in [-0.1, -0.05) is 62.4 Å². The second kappa shape index (κ2) is 14.9. The number of hydrogen-bond acceptors (Lipinski definition) is 4. The Bertz CT molecular complexity index is 756. The molecule has 2 aliphatic rings. The minimum Gasteiger partial charge on any atom is -0.465 e. The number of hydrogen-bond donors (Lipinski definition) is 3. The van der Waals surface area contributed by atoms with Crippen LogP contribution in [0.2, 0.25) is 0 Å². The van der Waals surface area contributed by atoms with Crippen LogP contribution in [0.5, 0.6) is 0 Å². The molecule has 1 aliphatic carbocycles. The molecule has 1 aliphatic heterocycles. The van der Waals surface area contributed by atoms with Crippen LogP contribution in [-0.2, 0) is 9.47 Å². The Labute approximate surface area is 209 Å². The topological polar surface area (TPSA) is 100 Å². The Morgan fingerprint density at radius 2 is 1.86 bits per heavy atom. The summed E-state index contributed by atoms with van der Waals surface area (Å²) in [6, 6.07) is 9.95. The average Bonchev–Trinajstić information content (AvgIpc) is 2.88. The minimum atomic E-state index is -1.05. The van der Waals surface area contributed by atoms with Gasteiger partial charge in [0.15, 0.2) is 0 Å². The first-order valence-electron chi connectivity index (χ1n) is 13.2. The van der Waals surface area contributed by atoms with Crippen molar-refractivity contribution in [1.82, 2.24) is 15.5 Å². The van der Waals surface area contributed by atoms with Crippen molar-refractivity contribution in [3.63, 3.8) is 0 Å². The van der Waals surface area contributed by atoms with E-state index in [2.05, 4.69) is 22.8 Å². The lowest BCUT2D eigenvalue weighted by atomic mass is 9.85. The van der Waals surface area contributed by atoms with E-state index in [1.165, 1.54) is 19.3 Å². The number of carbonyl (C=O) groups excluding carboxylic acids is 1. The molecule has 196 valence electrons. The molecule has 35 heavy (non-hydrogen) atoms. The Hall–Kier alpha value is -2.32. The van der Waals surface area contributed by atoms with Crippen LogP contribution in [0.15, 0.2) is 30.3 Å². The molecule has 8 heteroatoms. The van der Waals surface area contributed by atoms with Gasteiger partial charge in [0.1, 0.15) is 0 Å². The van der Waals surface area contributed by atoms with Crippen molar-refractivity contribution in [3.8, 4) is 0 Å². The SMILES string of the molecule is COCCCOC(c1ccccc1)[C@@H]1CCCN(C(=O)N[C@@H](CNC(=O)O)CC2CCCCC2)C1. The highest BCUT2D eigenvalue weighted by Crippen LogP contribution is 2.33. The number of ether oxygens (including phenoxy) is 2. The van der Waals surface area contributed by atoms with Gasteiger partial charge >= 0.3 is 12.1 Å². The second-order valence-electron chi connectivity index (χ2n) is 9.97. The Balaban J connectivity index is 1.61. The lowest BCUT2D eigenvalue weighted by Gasteiger charge is -2.38. The van der Waals surface area contributed by atoms with E-state index in [-0.39, 0.29) is 30.6 Å². The summed E-state index contributed by atoms with van der Waals surface area (Å²) in [6.45, 7) is 2.84. The maximum absolute atomic E-state index is 13.3. The van der Waals surface area contributed by atoms with E-state index < -0.39 is 6.09 Å². The molecule has 0 bridgehead atoms. The van der Waals surface area contributed by atoms with E-state index in [4.69, 9.17) is 14.6 Å². The molecule has 0 aromatic heterocycles. The number of benzene rings is 1. The Morgan fingerprint density at radius 3 is 2.57 bits per heavy atom. The molecule has 0 radical (unpaired) electrons. The quantitative estimate of drug-likeness (QED) is 0.366. The van der Waals surface area contributed by atoms with Crippen LogP contribution in [-0.4, -0.2) is 68.1 Å². The van der Waals surface area contributed by atoms with E-state index in [0.29, 0.717) is 32.2 Å². The fourth-order valence-corrected chi connectivity index (χ4v) is 5.50. The van der Waals surface area contributed by atoms with Crippen LogP contribution in [0.3, 0.4) is 0 Å². The van der Waals surface area contributed by atoms with Crippen molar-refractivity contribution in [2.75, 3.05) is 40.0 Å². The van der Waals surface area contributed by atoms with Crippen LogP contribution >= 0.6 is 0 Å². The van der Waals surface area contributed by atoms with Crippen molar-refractivity contribution < 1.29 is 24.2 Å². The van der Waals surface area contributed by atoms with Gasteiger partial charge in [0.05, 0.1) is 6.10 Å². The first-order chi connectivity index (χ1) is 17.1. The summed E-state index contributed by atoms with van der Waals surface area (Å²) < 4.78 is 11.5. The zero-order valence-corrected chi connectivity index (χ0v) is 21.1. The number of rotatable bonds is 12.